The minimum Gasteiger partial charge on any atom is -0.466 e. The first-order valence-corrected chi connectivity index (χ1v) is 4.89. The maximum Gasteiger partial charge on any atom is 0.333 e. The first-order chi connectivity index (χ1) is 7.57. The van der Waals surface area contributed by atoms with E-state index in [2.05, 4.69) is 14.8 Å². The zero-order chi connectivity index (χ0) is 12.4. The van der Waals surface area contributed by atoms with Gasteiger partial charge in [-0.15, -0.1) is 0 Å². The molecule has 0 aliphatic carbocycles. The van der Waals surface area contributed by atoms with Gasteiger partial charge < -0.3 is 14.8 Å². The Bertz CT molecular complexity index is 232. The second kappa shape index (κ2) is 9.23. The molecule has 0 heterocycles. The maximum atomic E-state index is 11.6. The third-order valence-corrected chi connectivity index (χ3v) is 1.73. The van der Waals surface area contributed by atoms with Crippen molar-refractivity contribution in [2.45, 2.75) is 13.3 Å². The number of hydrogen-bond donors (Lipinski definition) is 1. The molecule has 0 spiro atoms. The topological polar surface area (TPSA) is 47.6 Å². The molecule has 6 heteroatoms. The summed E-state index contributed by atoms with van der Waals surface area (Å²) in [5.41, 5.74) is 0.503. The Morgan fingerprint density at radius 1 is 1.50 bits per heavy atom. The van der Waals surface area contributed by atoms with E-state index in [-0.39, 0.29) is 12.6 Å². The molecule has 0 aliphatic heterocycles. The third kappa shape index (κ3) is 8.31. The van der Waals surface area contributed by atoms with Gasteiger partial charge in [0.1, 0.15) is 6.61 Å². The lowest BCUT2D eigenvalue weighted by Crippen LogP contribution is -2.21. The summed E-state index contributed by atoms with van der Waals surface area (Å²) in [6, 6.07) is 0. The molecular weight excluding hydrogens is 220 g/mol. The highest BCUT2D eigenvalue weighted by atomic mass is 19.3. The van der Waals surface area contributed by atoms with Crippen LogP contribution in [-0.2, 0) is 14.3 Å². The first-order valence-electron chi connectivity index (χ1n) is 4.89. The fourth-order valence-corrected chi connectivity index (χ4v) is 0.888. The van der Waals surface area contributed by atoms with Gasteiger partial charge in [-0.3, -0.25) is 0 Å². The molecule has 4 nitrogen and oxygen atoms in total. The van der Waals surface area contributed by atoms with Crippen LogP contribution in [0.2, 0.25) is 0 Å². The highest BCUT2D eigenvalue weighted by Gasteiger charge is 2.02. The fraction of sp³-hybridized carbons (Fsp3) is 0.700. The van der Waals surface area contributed by atoms with Crippen LogP contribution in [0.4, 0.5) is 8.78 Å². The normalized spacial score (nSPS) is 11.9. The molecule has 0 atom stereocenters. The molecule has 0 aromatic carbocycles. The standard InChI is InChI=1S/C10H17F2NO3/c1-8(10(14)15-2)3-4-13-5-6-16-7-9(11)12/h3,9,13H,4-7H2,1-2H3. The zero-order valence-electron chi connectivity index (χ0n) is 9.46. The molecule has 0 rings (SSSR count). The molecule has 1 N–H and O–H groups in total. The van der Waals surface area contributed by atoms with Crippen LogP contribution in [0, 0.1) is 0 Å². The molecule has 94 valence electrons. The molecule has 0 radical (unpaired) electrons. The molecule has 0 saturated heterocycles. The van der Waals surface area contributed by atoms with Crippen LogP contribution in [0.3, 0.4) is 0 Å². The number of rotatable bonds is 8. The smallest absolute Gasteiger partial charge is 0.333 e. The van der Waals surface area contributed by atoms with E-state index in [1.807, 2.05) is 0 Å². The van der Waals surface area contributed by atoms with Crippen LogP contribution < -0.4 is 5.32 Å². The van der Waals surface area contributed by atoms with Crippen LogP contribution in [0.5, 0.6) is 0 Å². The van der Waals surface area contributed by atoms with Crippen molar-refractivity contribution in [3.63, 3.8) is 0 Å². The van der Waals surface area contributed by atoms with E-state index in [4.69, 9.17) is 0 Å². The van der Waals surface area contributed by atoms with Crippen molar-refractivity contribution in [2.75, 3.05) is 33.4 Å². The van der Waals surface area contributed by atoms with Crippen molar-refractivity contribution in [3.05, 3.63) is 11.6 Å². The number of carbonyl (C=O) groups is 1. The molecule has 0 bridgehead atoms. The molecule has 0 aromatic heterocycles. The summed E-state index contributed by atoms with van der Waals surface area (Å²) in [7, 11) is 1.31. The quantitative estimate of drug-likeness (QED) is 0.388. The Hall–Kier alpha value is -1.01. The van der Waals surface area contributed by atoms with Crippen molar-refractivity contribution in [2.24, 2.45) is 0 Å². The Morgan fingerprint density at radius 3 is 2.75 bits per heavy atom. The molecule has 0 aliphatic rings. The number of ether oxygens (including phenoxy) is 2. The molecule has 0 fully saturated rings. The summed E-state index contributed by atoms with van der Waals surface area (Å²) in [5.74, 6) is -0.379. The predicted octanol–water partition coefficient (Wildman–Crippen LogP) is 0.977. The minimum atomic E-state index is -2.43. The van der Waals surface area contributed by atoms with E-state index < -0.39 is 13.0 Å². The number of methoxy groups -OCH3 is 1. The SMILES string of the molecule is COC(=O)C(C)=CCNCCOCC(F)F. The predicted molar refractivity (Wildman–Crippen MR) is 55.5 cm³/mol. The average Bonchev–Trinajstić information content (AvgIpc) is 2.25. The van der Waals surface area contributed by atoms with Gasteiger partial charge in [0.2, 0.25) is 0 Å². The summed E-state index contributed by atoms with van der Waals surface area (Å²) >= 11 is 0. The van der Waals surface area contributed by atoms with E-state index in [1.54, 1.807) is 13.0 Å². The molecular formula is C10H17F2NO3. The van der Waals surface area contributed by atoms with Crippen molar-refractivity contribution < 1.29 is 23.0 Å². The van der Waals surface area contributed by atoms with Crippen LogP contribution in [-0.4, -0.2) is 45.8 Å². The number of hydrogen-bond acceptors (Lipinski definition) is 4. The van der Waals surface area contributed by atoms with E-state index in [9.17, 15) is 13.6 Å². The van der Waals surface area contributed by atoms with Crippen LogP contribution in [0.15, 0.2) is 11.6 Å². The van der Waals surface area contributed by atoms with Gasteiger partial charge in [-0.25, -0.2) is 13.6 Å². The van der Waals surface area contributed by atoms with Gasteiger partial charge in [0.15, 0.2) is 0 Å². The Morgan fingerprint density at radius 2 is 2.19 bits per heavy atom. The second-order valence-electron chi connectivity index (χ2n) is 3.05. The maximum absolute atomic E-state index is 11.6. The number of esters is 1. The van der Waals surface area contributed by atoms with Gasteiger partial charge >= 0.3 is 5.97 Å². The second-order valence-corrected chi connectivity index (χ2v) is 3.05. The number of nitrogens with one attached hydrogen (secondary N) is 1. The lowest BCUT2D eigenvalue weighted by molar-refractivity contribution is -0.136. The van der Waals surface area contributed by atoms with Gasteiger partial charge in [-0.2, -0.15) is 0 Å². The summed E-state index contributed by atoms with van der Waals surface area (Å²) in [5, 5.41) is 2.91. The highest BCUT2D eigenvalue weighted by molar-refractivity contribution is 5.87. The summed E-state index contributed by atoms with van der Waals surface area (Å²) in [4.78, 5) is 10.9. The van der Waals surface area contributed by atoms with Crippen LogP contribution >= 0.6 is 0 Å². The highest BCUT2D eigenvalue weighted by Crippen LogP contribution is 1.94. The van der Waals surface area contributed by atoms with E-state index >= 15 is 0 Å². The third-order valence-electron chi connectivity index (χ3n) is 1.73. The molecule has 0 amide bonds. The number of carbonyl (C=O) groups excluding carboxylic acids is 1. The zero-order valence-corrected chi connectivity index (χ0v) is 9.46. The summed E-state index contributed by atoms with van der Waals surface area (Å²) in [6.07, 6.45) is -0.764. The van der Waals surface area contributed by atoms with Crippen molar-refractivity contribution >= 4 is 5.97 Å². The minimum absolute atomic E-state index is 0.218. The number of alkyl halides is 2. The van der Waals surface area contributed by atoms with Gasteiger partial charge in [-0.05, 0) is 6.92 Å². The summed E-state index contributed by atoms with van der Waals surface area (Å²) in [6.45, 7) is 2.24. The Labute approximate surface area is 93.6 Å². The van der Waals surface area contributed by atoms with Crippen molar-refractivity contribution in [3.8, 4) is 0 Å². The van der Waals surface area contributed by atoms with Crippen molar-refractivity contribution in [1.29, 1.82) is 0 Å². The van der Waals surface area contributed by atoms with Gasteiger partial charge in [0.05, 0.1) is 13.7 Å². The molecule has 0 aromatic rings. The fourth-order valence-electron chi connectivity index (χ4n) is 0.888. The molecule has 0 unspecified atom stereocenters. The largest absolute Gasteiger partial charge is 0.466 e. The van der Waals surface area contributed by atoms with Gasteiger partial charge in [0.25, 0.3) is 6.43 Å². The van der Waals surface area contributed by atoms with Gasteiger partial charge in [0, 0.05) is 18.7 Å². The van der Waals surface area contributed by atoms with Crippen molar-refractivity contribution in [1.82, 2.24) is 5.32 Å². The molecule has 16 heavy (non-hydrogen) atoms. The van der Waals surface area contributed by atoms with E-state index in [1.165, 1.54) is 7.11 Å². The Balaban J connectivity index is 3.42. The molecule has 0 saturated carbocycles. The summed E-state index contributed by atoms with van der Waals surface area (Å²) < 4.78 is 32.4. The van der Waals surface area contributed by atoms with Gasteiger partial charge in [-0.1, -0.05) is 6.08 Å². The van der Waals surface area contributed by atoms with Crippen LogP contribution in [0.1, 0.15) is 6.92 Å². The van der Waals surface area contributed by atoms with Crippen LogP contribution in [0.25, 0.3) is 0 Å². The number of halogens is 2. The van der Waals surface area contributed by atoms with E-state index in [0.717, 1.165) is 0 Å². The lowest BCUT2D eigenvalue weighted by Gasteiger charge is -2.04. The van der Waals surface area contributed by atoms with E-state index in [0.29, 0.717) is 18.7 Å². The lowest BCUT2D eigenvalue weighted by atomic mass is 10.3. The average molecular weight is 237 g/mol. The monoisotopic (exact) mass is 237 g/mol. The Kier molecular flexibility index (Phi) is 8.65. The first kappa shape index (κ1) is 15.0.